The fraction of sp³-hybridized carbons (Fsp3) is 0.909. The predicted octanol–water partition coefficient (Wildman–Crippen LogP) is 6.81. The average Bonchev–Trinajstić information content (AvgIpc) is 2.57. The van der Waals surface area contributed by atoms with Crippen molar-refractivity contribution in [3.63, 3.8) is 0 Å². The van der Waals surface area contributed by atoms with Gasteiger partial charge in [-0.25, -0.2) is 0 Å². The van der Waals surface area contributed by atoms with E-state index in [9.17, 15) is 0 Å². The van der Waals surface area contributed by atoms with Crippen LogP contribution in [0.25, 0.3) is 0 Å². The minimum absolute atomic E-state index is 0.0966. The van der Waals surface area contributed by atoms with E-state index < -0.39 is 0 Å². The predicted molar refractivity (Wildman–Crippen MR) is 107 cm³/mol. The number of ether oxygens (including phenoxy) is 1. The van der Waals surface area contributed by atoms with E-state index in [1.807, 2.05) is 13.8 Å². The van der Waals surface area contributed by atoms with Crippen LogP contribution in [-0.2, 0) is 4.74 Å². The molecule has 0 saturated heterocycles. The van der Waals surface area contributed by atoms with E-state index in [2.05, 4.69) is 19.1 Å². The second-order valence-corrected chi connectivity index (χ2v) is 7.70. The SMILES string of the molecule is CCCCCCCC/C=C\CCCCCCCCOC(C)(C)CO. The molecular formula is C22H44O2. The van der Waals surface area contributed by atoms with Crippen LogP contribution in [0, 0.1) is 0 Å². The van der Waals surface area contributed by atoms with Gasteiger partial charge in [0.1, 0.15) is 0 Å². The van der Waals surface area contributed by atoms with Gasteiger partial charge in [0.25, 0.3) is 0 Å². The lowest BCUT2D eigenvalue weighted by Gasteiger charge is -2.22. The smallest absolute Gasteiger partial charge is 0.0856 e. The molecule has 0 rings (SSSR count). The van der Waals surface area contributed by atoms with E-state index in [1.54, 1.807) is 0 Å². The molecule has 0 amide bonds. The molecule has 144 valence electrons. The van der Waals surface area contributed by atoms with Gasteiger partial charge in [-0.3, -0.25) is 0 Å². The summed E-state index contributed by atoms with van der Waals surface area (Å²) in [6.07, 6.45) is 23.4. The van der Waals surface area contributed by atoms with Gasteiger partial charge in [-0.2, -0.15) is 0 Å². The maximum Gasteiger partial charge on any atom is 0.0856 e. The van der Waals surface area contributed by atoms with Crippen molar-refractivity contribution in [3.05, 3.63) is 12.2 Å². The van der Waals surface area contributed by atoms with Crippen LogP contribution in [-0.4, -0.2) is 23.9 Å². The largest absolute Gasteiger partial charge is 0.393 e. The maximum atomic E-state index is 9.10. The molecule has 0 saturated carbocycles. The summed E-state index contributed by atoms with van der Waals surface area (Å²) in [7, 11) is 0. The first-order valence-corrected chi connectivity index (χ1v) is 10.5. The first-order chi connectivity index (χ1) is 11.6. The molecule has 0 aliphatic carbocycles. The third-order valence-corrected chi connectivity index (χ3v) is 4.53. The van der Waals surface area contributed by atoms with Crippen LogP contribution in [0.2, 0.25) is 0 Å². The summed E-state index contributed by atoms with van der Waals surface area (Å²) in [4.78, 5) is 0. The highest BCUT2D eigenvalue weighted by Gasteiger charge is 2.15. The number of rotatable bonds is 18. The minimum Gasteiger partial charge on any atom is -0.393 e. The Morgan fingerprint density at radius 2 is 1.17 bits per heavy atom. The van der Waals surface area contributed by atoms with Gasteiger partial charge in [0, 0.05) is 6.61 Å². The standard InChI is InChI=1S/C22H44O2/c1-4-5-6-7-8-9-10-11-12-13-14-15-16-17-18-19-20-24-22(2,3)21-23/h11-12,23H,4-10,13-21H2,1-3H3/b12-11-. The van der Waals surface area contributed by atoms with Crippen molar-refractivity contribution in [2.45, 2.75) is 116 Å². The molecule has 0 bridgehead atoms. The lowest BCUT2D eigenvalue weighted by Crippen LogP contribution is -2.29. The normalized spacial score (nSPS) is 12.3. The Bertz CT molecular complexity index is 271. The zero-order chi connectivity index (χ0) is 17.9. The molecule has 1 N–H and O–H groups in total. The van der Waals surface area contributed by atoms with Crippen LogP contribution < -0.4 is 0 Å². The van der Waals surface area contributed by atoms with Gasteiger partial charge in [0.15, 0.2) is 0 Å². The molecule has 0 aromatic heterocycles. The van der Waals surface area contributed by atoms with Crippen molar-refractivity contribution >= 4 is 0 Å². The first-order valence-electron chi connectivity index (χ1n) is 10.5. The fourth-order valence-corrected chi connectivity index (χ4v) is 2.74. The number of allylic oxidation sites excluding steroid dienone is 2. The molecule has 0 heterocycles. The zero-order valence-corrected chi connectivity index (χ0v) is 16.8. The number of unbranched alkanes of at least 4 members (excludes halogenated alkanes) is 12. The highest BCUT2D eigenvalue weighted by atomic mass is 16.5. The molecule has 0 radical (unpaired) electrons. The lowest BCUT2D eigenvalue weighted by atomic mass is 10.1. The third kappa shape index (κ3) is 18.0. The highest BCUT2D eigenvalue weighted by Crippen LogP contribution is 2.12. The monoisotopic (exact) mass is 340 g/mol. The summed E-state index contributed by atoms with van der Waals surface area (Å²) in [5.41, 5.74) is -0.373. The summed E-state index contributed by atoms with van der Waals surface area (Å²) < 4.78 is 5.64. The maximum absolute atomic E-state index is 9.10. The van der Waals surface area contributed by atoms with Crippen molar-refractivity contribution in [1.29, 1.82) is 0 Å². The second-order valence-electron chi connectivity index (χ2n) is 7.70. The highest BCUT2D eigenvalue weighted by molar-refractivity contribution is 4.81. The summed E-state index contributed by atoms with van der Waals surface area (Å²) >= 11 is 0. The Kier molecular flexibility index (Phi) is 17.2. The average molecular weight is 341 g/mol. The summed E-state index contributed by atoms with van der Waals surface area (Å²) in [5, 5.41) is 9.10. The van der Waals surface area contributed by atoms with Crippen molar-refractivity contribution in [2.24, 2.45) is 0 Å². The lowest BCUT2D eigenvalue weighted by molar-refractivity contribution is -0.0546. The summed E-state index contributed by atoms with van der Waals surface area (Å²) in [5.74, 6) is 0. The number of hydrogen-bond acceptors (Lipinski definition) is 2. The molecule has 0 aliphatic heterocycles. The number of aliphatic hydroxyl groups is 1. The van der Waals surface area contributed by atoms with Gasteiger partial charge in [0.05, 0.1) is 12.2 Å². The molecule has 2 nitrogen and oxygen atoms in total. The first kappa shape index (κ1) is 23.7. The van der Waals surface area contributed by atoms with Gasteiger partial charge >= 0.3 is 0 Å². The molecule has 0 unspecified atom stereocenters. The van der Waals surface area contributed by atoms with Crippen LogP contribution in [0.3, 0.4) is 0 Å². The van der Waals surface area contributed by atoms with E-state index in [4.69, 9.17) is 9.84 Å². The van der Waals surface area contributed by atoms with Gasteiger partial charge in [-0.05, 0) is 46.0 Å². The van der Waals surface area contributed by atoms with Crippen LogP contribution in [0.5, 0.6) is 0 Å². The quantitative estimate of drug-likeness (QED) is 0.219. The Morgan fingerprint density at radius 1 is 0.708 bits per heavy atom. The van der Waals surface area contributed by atoms with Crippen LogP contribution in [0.1, 0.15) is 111 Å². The minimum atomic E-state index is -0.373. The van der Waals surface area contributed by atoms with Crippen LogP contribution in [0.4, 0.5) is 0 Å². The van der Waals surface area contributed by atoms with Crippen molar-refractivity contribution < 1.29 is 9.84 Å². The van der Waals surface area contributed by atoms with Crippen molar-refractivity contribution in [1.82, 2.24) is 0 Å². The topological polar surface area (TPSA) is 29.5 Å². The molecule has 0 spiro atoms. The molecule has 0 atom stereocenters. The summed E-state index contributed by atoms with van der Waals surface area (Å²) in [6.45, 7) is 7.02. The van der Waals surface area contributed by atoms with E-state index in [0.717, 1.165) is 13.0 Å². The Labute approximate surface area is 152 Å². The molecule has 0 fully saturated rings. The van der Waals surface area contributed by atoms with Crippen LogP contribution in [0.15, 0.2) is 12.2 Å². The zero-order valence-electron chi connectivity index (χ0n) is 16.8. The summed E-state index contributed by atoms with van der Waals surface area (Å²) in [6, 6.07) is 0. The molecule has 0 aromatic carbocycles. The molecule has 0 aliphatic rings. The number of hydrogen-bond donors (Lipinski definition) is 1. The second kappa shape index (κ2) is 17.5. The van der Waals surface area contributed by atoms with E-state index in [1.165, 1.54) is 83.5 Å². The van der Waals surface area contributed by atoms with E-state index in [0.29, 0.717) is 0 Å². The van der Waals surface area contributed by atoms with Gasteiger partial charge < -0.3 is 9.84 Å². The molecular weight excluding hydrogens is 296 g/mol. The van der Waals surface area contributed by atoms with Gasteiger partial charge in [0.2, 0.25) is 0 Å². The Morgan fingerprint density at radius 3 is 1.67 bits per heavy atom. The molecule has 0 aromatic rings. The number of aliphatic hydroxyl groups excluding tert-OH is 1. The molecule has 2 heteroatoms. The van der Waals surface area contributed by atoms with Crippen molar-refractivity contribution in [2.75, 3.05) is 13.2 Å². The third-order valence-electron chi connectivity index (χ3n) is 4.53. The van der Waals surface area contributed by atoms with Crippen LogP contribution >= 0.6 is 0 Å². The van der Waals surface area contributed by atoms with E-state index in [-0.39, 0.29) is 12.2 Å². The Balaban J connectivity index is 3.15. The van der Waals surface area contributed by atoms with E-state index >= 15 is 0 Å². The van der Waals surface area contributed by atoms with Crippen molar-refractivity contribution in [3.8, 4) is 0 Å². The Hall–Kier alpha value is -0.340. The molecule has 24 heavy (non-hydrogen) atoms. The fourth-order valence-electron chi connectivity index (χ4n) is 2.74. The van der Waals surface area contributed by atoms with Gasteiger partial charge in [-0.15, -0.1) is 0 Å². The van der Waals surface area contributed by atoms with Gasteiger partial charge in [-0.1, -0.05) is 76.9 Å².